The number of phenolic OH excluding ortho intramolecular Hbond substituents is 2. The minimum atomic E-state index is 0.110. The number of rotatable bonds is 3. The van der Waals surface area contributed by atoms with Gasteiger partial charge >= 0.3 is 0 Å². The smallest absolute Gasteiger partial charge is 0.123 e. The number of hydrogen-bond acceptors (Lipinski definition) is 2. The molecule has 0 spiro atoms. The first kappa shape index (κ1) is 22.5. The molecule has 0 fully saturated rings. The highest BCUT2D eigenvalue weighted by molar-refractivity contribution is 6.10. The highest BCUT2D eigenvalue weighted by atomic mass is 16.3. The number of phenols is 2. The fourth-order valence-electron chi connectivity index (χ4n) is 6.16. The highest BCUT2D eigenvalue weighted by Crippen LogP contribution is 2.41. The molecule has 0 unspecified atom stereocenters. The van der Waals surface area contributed by atoms with E-state index in [4.69, 9.17) is 0 Å². The van der Waals surface area contributed by atoms with E-state index in [0.717, 1.165) is 33.4 Å². The lowest BCUT2D eigenvalue weighted by Crippen LogP contribution is -1.96. The molecule has 0 atom stereocenters. The van der Waals surface area contributed by atoms with Gasteiger partial charge in [-0.15, -0.1) is 0 Å². The molecule has 4 heteroatoms. The molecule has 0 radical (unpaired) electrons. The summed E-state index contributed by atoms with van der Waals surface area (Å²) in [7, 11) is 0. The van der Waals surface area contributed by atoms with Crippen LogP contribution in [0.1, 0.15) is 0 Å². The molecule has 0 saturated carbocycles. The zero-order chi connectivity index (χ0) is 26.8. The zero-order valence-electron chi connectivity index (χ0n) is 21.5. The highest BCUT2D eigenvalue weighted by Gasteiger charge is 2.17. The van der Waals surface area contributed by atoms with E-state index >= 15 is 0 Å². The van der Waals surface area contributed by atoms with Crippen molar-refractivity contribution in [1.29, 1.82) is 0 Å². The lowest BCUT2D eigenvalue weighted by atomic mass is 10.0. The Kier molecular flexibility index (Phi) is 4.79. The first-order valence-electron chi connectivity index (χ1n) is 13.3. The Morgan fingerprint density at radius 2 is 0.650 bits per heavy atom. The Labute approximate surface area is 230 Å². The Morgan fingerprint density at radius 1 is 0.350 bits per heavy atom. The van der Waals surface area contributed by atoms with Crippen LogP contribution in [-0.2, 0) is 0 Å². The minimum Gasteiger partial charge on any atom is -0.507 e. The molecule has 0 aliphatic rings. The van der Waals surface area contributed by atoms with Gasteiger partial charge in [-0.05, 0) is 60.7 Å². The minimum absolute atomic E-state index is 0.110. The van der Waals surface area contributed by atoms with E-state index in [-0.39, 0.29) is 11.5 Å². The van der Waals surface area contributed by atoms with Gasteiger partial charge in [0.1, 0.15) is 11.5 Å². The van der Waals surface area contributed by atoms with Gasteiger partial charge in [-0.25, -0.2) is 0 Å². The summed E-state index contributed by atoms with van der Waals surface area (Å²) in [5.41, 5.74) is 7.30. The Hall–Kier alpha value is -5.48. The van der Waals surface area contributed by atoms with Crippen molar-refractivity contribution in [3.63, 3.8) is 0 Å². The van der Waals surface area contributed by atoms with Crippen LogP contribution >= 0.6 is 0 Å². The van der Waals surface area contributed by atoms with Crippen LogP contribution in [0.15, 0.2) is 133 Å². The largest absolute Gasteiger partial charge is 0.507 e. The molecule has 190 valence electrons. The number of aromatic hydroxyl groups is 2. The van der Waals surface area contributed by atoms with Gasteiger partial charge in [0.15, 0.2) is 0 Å². The summed E-state index contributed by atoms with van der Waals surface area (Å²) in [6, 6.07) is 44.6. The Bertz CT molecular complexity index is 1990. The van der Waals surface area contributed by atoms with Crippen LogP contribution in [0.5, 0.6) is 11.5 Å². The van der Waals surface area contributed by atoms with Crippen LogP contribution in [0.25, 0.3) is 66.1 Å². The Balaban J connectivity index is 1.36. The zero-order valence-corrected chi connectivity index (χ0v) is 21.5. The molecule has 8 aromatic rings. The normalized spacial score (nSPS) is 11.7. The maximum Gasteiger partial charge on any atom is 0.123 e. The standard InChI is InChI=1S/C36H24N2O2/c39-35-19-17-23(37-31-13-5-1-9-25(31)26-10-2-6-14-32(26)37)21-29(35)30-22-24(18-20-36(30)40)38-33-15-7-3-11-27(33)28-12-4-8-16-34(28)38/h1-22,39-40H. The van der Waals surface area contributed by atoms with Crippen LogP contribution < -0.4 is 0 Å². The van der Waals surface area contributed by atoms with Gasteiger partial charge in [0.2, 0.25) is 0 Å². The summed E-state index contributed by atoms with van der Waals surface area (Å²) in [4.78, 5) is 0. The van der Waals surface area contributed by atoms with Crippen molar-refractivity contribution in [1.82, 2.24) is 9.13 Å². The third-order valence-corrected chi connectivity index (χ3v) is 7.93. The van der Waals surface area contributed by atoms with Crippen molar-refractivity contribution in [2.45, 2.75) is 0 Å². The molecule has 0 aliphatic carbocycles. The van der Waals surface area contributed by atoms with Crippen LogP contribution in [0.4, 0.5) is 0 Å². The average molecular weight is 517 g/mol. The molecular formula is C36H24N2O2. The van der Waals surface area contributed by atoms with E-state index in [9.17, 15) is 10.2 Å². The molecule has 0 saturated heterocycles. The van der Waals surface area contributed by atoms with Gasteiger partial charge in [0.25, 0.3) is 0 Å². The summed E-state index contributed by atoms with van der Waals surface area (Å²) in [5, 5.41) is 26.8. The third kappa shape index (κ3) is 3.20. The lowest BCUT2D eigenvalue weighted by molar-refractivity contribution is 0.469. The van der Waals surface area contributed by atoms with Crippen LogP contribution in [0, 0.1) is 0 Å². The van der Waals surface area contributed by atoms with Crippen molar-refractivity contribution in [3.8, 4) is 34.0 Å². The van der Waals surface area contributed by atoms with Crippen LogP contribution in [0.3, 0.4) is 0 Å². The summed E-state index contributed by atoms with van der Waals surface area (Å²) < 4.78 is 4.42. The number of fused-ring (bicyclic) bond motifs is 6. The second-order valence-electron chi connectivity index (χ2n) is 10.1. The van der Waals surface area contributed by atoms with Gasteiger partial charge in [-0.2, -0.15) is 0 Å². The molecule has 2 heterocycles. The van der Waals surface area contributed by atoms with E-state index in [2.05, 4.69) is 81.9 Å². The van der Waals surface area contributed by atoms with Crippen molar-refractivity contribution in [2.75, 3.05) is 0 Å². The number of para-hydroxylation sites is 4. The van der Waals surface area contributed by atoms with Crippen molar-refractivity contribution in [3.05, 3.63) is 133 Å². The van der Waals surface area contributed by atoms with Crippen LogP contribution in [0.2, 0.25) is 0 Å². The van der Waals surface area contributed by atoms with E-state index in [1.807, 2.05) is 48.5 Å². The van der Waals surface area contributed by atoms with Crippen molar-refractivity contribution in [2.24, 2.45) is 0 Å². The quantitative estimate of drug-likeness (QED) is 0.246. The first-order chi connectivity index (χ1) is 19.7. The van der Waals surface area contributed by atoms with E-state index in [1.165, 1.54) is 21.5 Å². The number of aromatic nitrogens is 2. The van der Waals surface area contributed by atoms with E-state index in [0.29, 0.717) is 11.1 Å². The summed E-state index contributed by atoms with van der Waals surface area (Å²) in [5.74, 6) is 0.221. The van der Waals surface area contributed by atoms with Crippen molar-refractivity contribution >= 4 is 43.6 Å². The molecule has 2 N–H and O–H groups in total. The predicted octanol–water partition coefficient (Wildman–Crippen LogP) is 8.96. The van der Waals surface area contributed by atoms with Gasteiger partial charge in [0.05, 0.1) is 22.1 Å². The lowest BCUT2D eigenvalue weighted by Gasteiger charge is -2.15. The molecule has 0 amide bonds. The SMILES string of the molecule is Oc1ccc(-n2c3ccccc3c3ccccc32)cc1-c1cc(-n2c3ccccc3c3ccccc32)ccc1O. The predicted molar refractivity (Wildman–Crippen MR) is 164 cm³/mol. The van der Waals surface area contributed by atoms with Gasteiger partial charge in [-0.3, -0.25) is 0 Å². The van der Waals surface area contributed by atoms with E-state index < -0.39 is 0 Å². The molecule has 0 aliphatic heterocycles. The molecule has 0 bridgehead atoms. The summed E-state index contributed by atoms with van der Waals surface area (Å²) >= 11 is 0. The molecule has 8 rings (SSSR count). The fourth-order valence-corrected chi connectivity index (χ4v) is 6.16. The average Bonchev–Trinajstić information content (AvgIpc) is 3.51. The third-order valence-electron chi connectivity index (χ3n) is 7.93. The summed E-state index contributed by atoms with van der Waals surface area (Å²) in [6.45, 7) is 0. The molecule has 6 aromatic carbocycles. The van der Waals surface area contributed by atoms with E-state index in [1.54, 1.807) is 12.1 Å². The van der Waals surface area contributed by atoms with Gasteiger partial charge < -0.3 is 19.3 Å². The molecular weight excluding hydrogens is 492 g/mol. The maximum absolute atomic E-state index is 11.1. The second kappa shape index (κ2) is 8.52. The topological polar surface area (TPSA) is 50.3 Å². The molecule has 40 heavy (non-hydrogen) atoms. The summed E-state index contributed by atoms with van der Waals surface area (Å²) in [6.07, 6.45) is 0. The monoisotopic (exact) mass is 516 g/mol. The van der Waals surface area contributed by atoms with Gasteiger partial charge in [0, 0.05) is 44.0 Å². The second-order valence-corrected chi connectivity index (χ2v) is 10.1. The Morgan fingerprint density at radius 3 is 0.975 bits per heavy atom. The number of nitrogens with zero attached hydrogens (tertiary/aromatic N) is 2. The van der Waals surface area contributed by atoms with Crippen molar-refractivity contribution < 1.29 is 10.2 Å². The van der Waals surface area contributed by atoms with Gasteiger partial charge in [-0.1, -0.05) is 72.8 Å². The van der Waals surface area contributed by atoms with Crippen LogP contribution in [-0.4, -0.2) is 19.3 Å². The number of hydrogen-bond donors (Lipinski definition) is 2. The maximum atomic E-state index is 11.1. The first-order valence-corrected chi connectivity index (χ1v) is 13.3. The number of benzene rings is 6. The fraction of sp³-hybridized carbons (Fsp3) is 0. The molecule has 4 nitrogen and oxygen atoms in total. The molecule has 2 aromatic heterocycles.